The number of nitrogens with zero attached hydrogens (tertiary/aromatic N) is 1. The van der Waals surface area contributed by atoms with Gasteiger partial charge in [0.05, 0.1) is 6.10 Å². The average Bonchev–Trinajstić information content (AvgIpc) is 3.41. The van der Waals surface area contributed by atoms with Gasteiger partial charge in [-0.25, -0.2) is 0 Å². The molecule has 0 amide bonds. The first-order chi connectivity index (χ1) is 20.1. The fourth-order valence-electron chi connectivity index (χ4n) is 6.74. The van der Waals surface area contributed by atoms with Crippen molar-refractivity contribution in [1.29, 1.82) is 0 Å². The molecule has 2 heterocycles. The van der Waals surface area contributed by atoms with E-state index in [2.05, 4.69) is 93.4 Å². The fraction of sp³-hybridized carbons (Fsp3) is 0.794. The molecule has 7 nitrogen and oxygen atoms in total. The quantitative estimate of drug-likeness (QED) is 0.118. The van der Waals surface area contributed by atoms with Crippen LogP contribution in [0, 0.1) is 0 Å². The van der Waals surface area contributed by atoms with Crippen LogP contribution in [0.25, 0.3) is 0 Å². The number of oxazole rings is 1. The Labute approximate surface area is 268 Å². The van der Waals surface area contributed by atoms with Gasteiger partial charge in [0.15, 0.2) is 0 Å². The van der Waals surface area contributed by atoms with Crippen LogP contribution in [0.5, 0.6) is 0 Å². The van der Waals surface area contributed by atoms with Gasteiger partial charge in [-0.15, -0.1) is 0 Å². The zero-order chi connectivity index (χ0) is 32.6. The second-order valence-electron chi connectivity index (χ2n) is 14.3. The SMILES string of the molecule is CCC[C@H](/C=C/C(C)=C/[C@@H](O[Si](C(C)C)(C(C)C)C(C)C)[C@H]1C[C@@H](OC)C[C@](Cc2nc[c]([Sn]([CH3])([CH3])[CH3])o2)(OC)O1)OC. The molecule has 0 spiro atoms. The van der Waals surface area contributed by atoms with Gasteiger partial charge in [0.2, 0.25) is 0 Å². The summed E-state index contributed by atoms with van der Waals surface area (Å²) in [5, 5.41) is 0. The molecule has 1 aromatic heterocycles. The summed E-state index contributed by atoms with van der Waals surface area (Å²) < 4.78 is 39.7. The molecule has 1 saturated heterocycles. The normalized spacial score (nSPS) is 24.1. The molecule has 9 heteroatoms. The van der Waals surface area contributed by atoms with Crippen molar-refractivity contribution in [2.45, 2.75) is 149 Å². The van der Waals surface area contributed by atoms with Gasteiger partial charge in [-0.05, 0) is 6.42 Å². The molecule has 0 unspecified atom stereocenters. The zero-order valence-electron chi connectivity index (χ0n) is 29.8. The summed E-state index contributed by atoms with van der Waals surface area (Å²) in [5.41, 5.74) is 2.43. The van der Waals surface area contributed by atoms with Gasteiger partial charge in [0.1, 0.15) is 0 Å². The summed E-state index contributed by atoms with van der Waals surface area (Å²) in [5.74, 6) is -0.277. The van der Waals surface area contributed by atoms with Crippen molar-refractivity contribution in [3.8, 4) is 0 Å². The number of allylic oxidation sites excluding steroid dienone is 2. The molecule has 1 aromatic rings. The molecule has 43 heavy (non-hydrogen) atoms. The second-order valence-corrected chi connectivity index (χ2v) is 34.0. The van der Waals surface area contributed by atoms with Crippen molar-refractivity contribution in [2.75, 3.05) is 21.3 Å². The summed E-state index contributed by atoms with van der Waals surface area (Å²) >= 11 is -2.41. The Hall–Kier alpha value is -0.494. The smallest absolute Gasteiger partial charge is 0.0363 e. The third-order valence-corrected chi connectivity index (χ3v) is 20.1. The zero-order valence-corrected chi connectivity index (χ0v) is 33.6. The van der Waals surface area contributed by atoms with E-state index in [1.807, 2.05) is 6.20 Å². The Morgan fingerprint density at radius 1 is 1.09 bits per heavy atom. The average molecular weight is 729 g/mol. The third kappa shape index (κ3) is 10.2. The Morgan fingerprint density at radius 3 is 2.19 bits per heavy atom. The van der Waals surface area contributed by atoms with Gasteiger partial charge in [-0.1, -0.05) is 13.3 Å². The molecule has 1 aliphatic rings. The summed E-state index contributed by atoms with van der Waals surface area (Å²) in [6.45, 7) is 18.3. The Kier molecular flexibility index (Phi) is 15.2. The Balaban J connectivity index is 2.58. The minimum Gasteiger partial charge on any atom is -0.377 e. The predicted octanol–water partition coefficient (Wildman–Crippen LogP) is 8.18. The van der Waals surface area contributed by atoms with E-state index < -0.39 is 32.5 Å². The van der Waals surface area contributed by atoms with Crippen LogP contribution in [-0.4, -0.2) is 83.2 Å². The molecule has 2 rings (SSSR count). The third-order valence-electron chi connectivity index (χ3n) is 9.11. The molecule has 0 N–H and O–H groups in total. The van der Waals surface area contributed by atoms with E-state index in [-0.39, 0.29) is 24.4 Å². The summed E-state index contributed by atoms with van der Waals surface area (Å²) in [6.07, 6.45) is 11.8. The van der Waals surface area contributed by atoms with E-state index in [9.17, 15) is 0 Å². The first-order valence-electron chi connectivity index (χ1n) is 16.4. The van der Waals surface area contributed by atoms with Crippen LogP contribution in [0.15, 0.2) is 34.4 Å². The van der Waals surface area contributed by atoms with E-state index in [4.69, 9.17) is 27.8 Å². The number of hydrogen-bond donors (Lipinski definition) is 0. The number of hydrogen-bond acceptors (Lipinski definition) is 7. The standard InChI is InChI=1S/C31H54NO6Si.3CH3.Sn/c1-12-13-26(33-9)15-14-25(8)18-29(38-39(22(2)3,23(4)5)24(6)7)28-19-27(34-10)20-31(35-11,37-28)21-30-32-16-17-36-30;;;;/h14-16,18,22-24,26-29H,12-13,19-21H2,1-11H3;3*1H3;/b15-14+,25-18+;;;;/t26-,27-,28-,29-,31+;;;;/m1..../s1. The van der Waals surface area contributed by atoms with Crippen molar-refractivity contribution >= 4 is 30.5 Å². The molecule has 0 aliphatic carbocycles. The minimum absolute atomic E-state index is 0.0547. The molecule has 1 fully saturated rings. The van der Waals surface area contributed by atoms with Crippen LogP contribution in [0.4, 0.5) is 0 Å². The Bertz CT molecular complexity index is 1010. The number of ether oxygens (including phenoxy) is 4. The summed E-state index contributed by atoms with van der Waals surface area (Å²) in [4.78, 5) is 11.6. The van der Waals surface area contributed by atoms with Gasteiger partial charge < -0.3 is 4.74 Å². The molecule has 1 aliphatic heterocycles. The van der Waals surface area contributed by atoms with E-state index in [1.165, 1.54) is 0 Å². The number of methoxy groups -OCH3 is 3. The number of rotatable bonds is 17. The monoisotopic (exact) mass is 729 g/mol. The van der Waals surface area contributed by atoms with E-state index >= 15 is 0 Å². The van der Waals surface area contributed by atoms with Crippen molar-refractivity contribution in [3.63, 3.8) is 0 Å². The summed E-state index contributed by atoms with van der Waals surface area (Å²) in [7, 11) is 3.00. The molecular formula is C34H63NO6SiSn. The molecule has 5 atom stereocenters. The van der Waals surface area contributed by atoms with Crippen LogP contribution in [-0.2, 0) is 29.8 Å². The molecule has 0 bridgehead atoms. The van der Waals surface area contributed by atoms with Crippen molar-refractivity contribution in [3.05, 3.63) is 35.9 Å². The molecule has 248 valence electrons. The van der Waals surface area contributed by atoms with Gasteiger partial charge >= 0.3 is 232 Å². The maximum absolute atomic E-state index is 7.47. The van der Waals surface area contributed by atoms with Crippen LogP contribution in [0.1, 0.15) is 87.0 Å². The van der Waals surface area contributed by atoms with Crippen molar-refractivity contribution in [1.82, 2.24) is 4.98 Å². The van der Waals surface area contributed by atoms with Gasteiger partial charge in [0, 0.05) is 7.11 Å². The van der Waals surface area contributed by atoms with E-state index in [1.54, 1.807) is 21.3 Å². The fourth-order valence-corrected chi connectivity index (χ4v) is 14.7. The van der Waals surface area contributed by atoms with Gasteiger partial charge in [-0.2, -0.15) is 0 Å². The van der Waals surface area contributed by atoms with E-state index in [0.717, 1.165) is 22.2 Å². The molecular weight excluding hydrogens is 665 g/mol. The maximum atomic E-state index is 7.47. The first kappa shape index (κ1) is 38.7. The van der Waals surface area contributed by atoms with Crippen LogP contribution in [0.3, 0.4) is 0 Å². The molecule has 0 radical (unpaired) electrons. The van der Waals surface area contributed by atoms with Crippen LogP contribution < -0.4 is 3.78 Å². The van der Waals surface area contributed by atoms with Crippen LogP contribution >= 0.6 is 0 Å². The first-order valence-corrected chi connectivity index (χ1v) is 28.5. The number of aromatic nitrogens is 1. The molecule has 0 saturated carbocycles. The van der Waals surface area contributed by atoms with Gasteiger partial charge in [-0.3, -0.25) is 0 Å². The maximum Gasteiger partial charge on any atom is 0.0363 e. The second kappa shape index (κ2) is 16.9. The van der Waals surface area contributed by atoms with Crippen molar-refractivity contribution in [2.24, 2.45) is 0 Å². The topological polar surface area (TPSA) is 72.2 Å². The molecule has 0 aromatic carbocycles. The van der Waals surface area contributed by atoms with Gasteiger partial charge in [0.25, 0.3) is 0 Å². The Morgan fingerprint density at radius 2 is 1.72 bits per heavy atom. The largest absolute Gasteiger partial charge is 0.377 e. The van der Waals surface area contributed by atoms with E-state index in [0.29, 0.717) is 41.8 Å². The summed E-state index contributed by atoms with van der Waals surface area (Å²) in [6, 6.07) is 0. The van der Waals surface area contributed by atoms with Crippen molar-refractivity contribution < 1.29 is 27.8 Å². The predicted molar refractivity (Wildman–Crippen MR) is 182 cm³/mol. The minimum atomic E-state index is -2.41. The van der Waals surface area contributed by atoms with Crippen LogP contribution in [0.2, 0.25) is 31.4 Å².